The normalized spacial score (nSPS) is 25.4. The zero-order valence-electron chi connectivity index (χ0n) is 13.4. The van der Waals surface area contributed by atoms with E-state index in [2.05, 4.69) is 5.32 Å². The van der Waals surface area contributed by atoms with Gasteiger partial charge in [-0.05, 0) is 27.3 Å². The monoisotopic (exact) mass is 320 g/mol. The third kappa shape index (κ3) is 4.82. The average molecular weight is 320 g/mol. The van der Waals surface area contributed by atoms with Crippen LogP contribution >= 0.6 is 11.8 Å². The van der Waals surface area contributed by atoms with E-state index in [4.69, 9.17) is 9.47 Å². The average Bonchev–Trinajstić information content (AvgIpc) is 2.79. The molecule has 0 saturated carbocycles. The number of amides is 1. The summed E-state index contributed by atoms with van der Waals surface area (Å²) in [6.07, 6.45) is -0.0885. The van der Waals surface area contributed by atoms with E-state index in [-0.39, 0.29) is 22.6 Å². The van der Waals surface area contributed by atoms with Gasteiger partial charge in [0, 0.05) is 19.8 Å². The first-order valence-corrected chi connectivity index (χ1v) is 8.55. The second-order valence-electron chi connectivity index (χ2n) is 4.87. The Labute approximate surface area is 131 Å². The number of aliphatic hydroxyl groups excluding tert-OH is 1. The van der Waals surface area contributed by atoms with Gasteiger partial charge >= 0.3 is 0 Å². The molecule has 124 valence electrons. The molecule has 1 rings (SSSR count). The Morgan fingerprint density at radius 2 is 2.14 bits per heavy atom. The lowest BCUT2D eigenvalue weighted by molar-refractivity contribution is -0.138. The summed E-state index contributed by atoms with van der Waals surface area (Å²) in [5.41, 5.74) is 0. The van der Waals surface area contributed by atoms with Gasteiger partial charge in [0.15, 0.2) is 6.29 Å². The van der Waals surface area contributed by atoms with Gasteiger partial charge in [0.25, 0.3) is 0 Å². The highest BCUT2D eigenvalue weighted by Crippen LogP contribution is 2.34. The van der Waals surface area contributed by atoms with E-state index in [1.165, 1.54) is 11.8 Å². The first-order valence-electron chi connectivity index (χ1n) is 7.61. The van der Waals surface area contributed by atoms with Gasteiger partial charge in [-0.25, -0.2) is 0 Å². The Bertz CT molecular complexity index is 319. The van der Waals surface area contributed by atoms with Crippen molar-refractivity contribution in [2.24, 2.45) is 0 Å². The molecule has 1 aliphatic rings. The second kappa shape index (κ2) is 9.63. The quantitative estimate of drug-likeness (QED) is 0.576. The number of ether oxygens (including phenoxy) is 2. The first-order chi connectivity index (χ1) is 10.1. The molecule has 0 bridgehead atoms. The molecule has 0 aromatic carbocycles. The van der Waals surface area contributed by atoms with E-state index in [1.54, 1.807) is 11.9 Å². The third-order valence-electron chi connectivity index (χ3n) is 3.42. The summed E-state index contributed by atoms with van der Waals surface area (Å²) in [6.45, 7) is 7.97. The number of nitrogens with zero attached hydrogens (tertiary/aromatic N) is 1. The van der Waals surface area contributed by atoms with E-state index in [0.717, 1.165) is 6.42 Å². The van der Waals surface area contributed by atoms with Crippen LogP contribution in [0.25, 0.3) is 0 Å². The van der Waals surface area contributed by atoms with Crippen molar-refractivity contribution < 1.29 is 19.4 Å². The van der Waals surface area contributed by atoms with Crippen LogP contribution in [-0.4, -0.2) is 72.3 Å². The summed E-state index contributed by atoms with van der Waals surface area (Å²) in [5, 5.41) is 12.9. The molecule has 4 unspecified atom stereocenters. The SMILES string of the molecule is CCCOC(O)C(NC)C1SC(COCC)C(=O)N1CC. The highest BCUT2D eigenvalue weighted by Gasteiger charge is 2.45. The summed E-state index contributed by atoms with van der Waals surface area (Å²) >= 11 is 1.53. The molecule has 0 radical (unpaired) electrons. The molecular formula is C14H28N2O4S. The Morgan fingerprint density at radius 1 is 1.43 bits per heavy atom. The number of aliphatic hydroxyl groups is 1. The molecule has 1 fully saturated rings. The van der Waals surface area contributed by atoms with E-state index in [1.807, 2.05) is 20.8 Å². The van der Waals surface area contributed by atoms with E-state index < -0.39 is 6.29 Å². The second-order valence-corrected chi connectivity index (χ2v) is 6.20. The van der Waals surface area contributed by atoms with Crippen molar-refractivity contribution in [3.8, 4) is 0 Å². The molecule has 0 aliphatic carbocycles. The van der Waals surface area contributed by atoms with Crippen LogP contribution in [0.4, 0.5) is 0 Å². The Balaban J connectivity index is 2.74. The smallest absolute Gasteiger partial charge is 0.239 e. The lowest BCUT2D eigenvalue weighted by Gasteiger charge is -2.32. The molecule has 1 saturated heterocycles. The maximum Gasteiger partial charge on any atom is 0.239 e. The number of hydrogen-bond acceptors (Lipinski definition) is 6. The number of hydrogen-bond donors (Lipinski definition) is 2. The van der Waals surface area contributed by atoms with Crippen LogP contribution in [0.1, 0.15) is 27.2 Å². The fourth-order valence-corrected chi connectivity index (χ4v) is 3.93. The van der Waals surface area contributed by atoms with E-state index in [0.29, 0.717) is 26.4 Å². The molecule has 1 amide bonds. The molecule has 4 atom stereocenters. The fraction of sp³-hybridized carbons (Fsp3) is 0.929. The van der Waals surface area contributed by atoms with E-state index in [9.17, 15) is 9.90 Å². The fourth-order valence-electron chi connectivity index (χ4n) is 2.33. The molecule has 6 nitrogen and oxygen atoms in total. The number of carbonyl (C=O) groups excluding carboxylic acids is 1. The molecule has 0 aromatic heterocycles. The van der Waals surface area contributed by atoms with Gasteiger partial charge in [0.05, 0.1) is 18.0 Å². The molecule has 21 heavy (non-hydrogen) atoms. The highest BCUT2D eigenvalue weighted by atomic mass is 32.2. The maximum atomic E-state index is 12.4. The Hall–Kier alpha value is -0.340. The van der Waals surface area contributed by atoms with Crippen LogP contribution in [0.3, 0.4) is 0 Å². The number of rotatable bonds is 10. The summed E-state index contributed by atoms with van der Waals surface area (Å²) in [7, 11) is 1.78. The van der Waals surface area contributed by atoms with Gasteiger partial charge in [0.1, 0.15) is 5.25 Å². The molecule has 1 heterocycles. The number of likely N-dealkylation sites (N-methyl/N-ethyl adjacent to an activating group) is 2. The zero-order chi connectivity index (χ0) is 15.8. The van der Waals surface area contributed by atoms with Crippen molar-refractivity contribution in [3.05, 3.63) is 0 Å². The van der Waals surface area contributed by atoms with Gasteiger partial charge in [-0.15, -0.1) is 11.8 Å². The topological polar surface area (TPSA) is 71.0 Å². The number of carbonyl (C=O) groups is 1. The molecule has 0 spiro atoms. The number of nitrogens with one attached hydrogen (secondary N) is 1. The number of thioether (sulfide) groups is 1. The van der Waals surface area contributed by atoms with Crippen LogP contribution in [0.5, 0.6) is 0 Å². The van der Waals surface area contributed by atoms with Crippen LogP contribution in [0.15, 0.2) is 0 Å². The largest absolute Gasteiger partial charge is 0.380 e. The van der Waals surface area contributed by atoms with E-state index >= 15 is 0 Å². The highest BCUT2D eigenvalue weighted by molar-refractivity contribution is 8.01. The molecule has 1 aliphatic heterocycles. The predicted octanol–water partition coefficient (Wildman–Crippen LogP) is 0.646. The molecule has 0 aromatic rings. The van der Waals surface area contributed by atoms with Gasteiger partial charge in [-0.2, -0.15) is 0 Å². The van der Waals surface area contributed by atoms with Gasteiger partial charge in [-0.3, -0.25) is 4.79 Å². The van der Waals surface area contributed by atoms with Gasteiger partial charge in [-0.1, -0.05) is 6.92 Å². The maximum absolute atomic E-state index is 12.4. The standard InChI is InChI=1S/C14H28N2O4S/c1-5-8-20-14(18)11(15-4)13-16(6-2)12(17)10(21-13)9-19-7-3/h10-11,13-15,18H,5-9H2,1-4H3. The van der Waals surface area contributed by atoms with Crippen LogP contribution in [0.2, 0.25) is 0 Å². The molecule has 2 N–H and O–H groups in total. The zero-order valence-corrected chi connectivity index (χ0v) is 14.2. The Morgan fingerprint density at radius 3 is 2.67 bits per heavy atom. The van der Waals surface area contributed by atoms with Crippen molar-refractivity contribution in [2.45, 2.75) is 50.1 Å². The van der Waals surface area contributed by atoms with Gasteiger partial charge < -0.3 is 24.8 Å². The summed E-state index contributed by atoms with van der Waals surface area (Å²) < 4.78 is 10.8. The summed E-state index contributed by atoms with van der Waals surface area (Å²) in [5.74, 6) is 0.0730. The Kier molecular flexibility index (Phi) is 8.58. The van der Waals surface area contributed by atoms with Crippen LogP contribution in [-0.2, 0) is 14.3 Å². The van der Waals surface area contributed by atoms with Gasteiger partial charge in [0.2, 0.25) is 5.91 Å². The van der Waals surface area contributed by atoms with Crippen molar-refractivity contribution >= 4 is 17.7 Å². The van der Waals surface area contributed by atoms with Crippen molar-refractivity contribution in [1.82, 2.24) is 10.2 Å². The molecular weight excluding hydrogens is 292 g/mol. The first kappa shape index (κ1) is 18.7. The minimum absolute atomic E-state index is 0.0730. The lowest BCUT2D eigenvalue weighted by atomic mass is 10.2. The summed E-state index contributed by atoms with van der Waals surface area (Å²) in [6, 6.07) is -0.322. The minimum atomic E-state index is -0.930. The van der Waals surface area contributed by atoms with Crippen molar-refractivity contribution in [3.63, 3.8) is 0 Å². The van der Waals surface area contributed by atoms with Crippen LogP contribution < -0.4 is 5.32 Å². The van der Waals surface area contributed by atoms with Crippen LogP contribution in [0, 0.1) is 0 Å². The molecule has 7 heteroatoms. The summed E-state index contributed by atoms with van der Waals surface area (Å²) in [4.78, 5) is 14.2. The predicted molar refractivity (Wildman–Crippen MR) is 84.1 cm³/mol. The third-order valence-corrected chi connectivity index (χ3v) is 4.92. The lowest BCUT2D eigenvalue weighted by Crippen LogP contribution is -2.52. The minimum Gasteiger partial charge on any atom is -0.380 e. The van der Waals surface area contributed by atoms with Crippen molar-refractivity contribution in [1.29, 1.82) is 0 Å². The van der Waals surface area contributed by atoms with Crippen molar-refractivity contribution in [2.75, 3.05) is 33.4 Å².